The van der Waals surface area contributed by atoms with Crippen LogP contribution in [0.15, 0.2) is 17.1 Å². The first-order valence-corrected chi connectivity index (χ1v) is 9.30. The maximum atomic E-state index is 12.8. The van der Waals surface area contributed by atoms with Gasteiger partial charge in [-0.1, -0.05) is 0 Å². The largest absolute Gasteiger partial charge is 0.495 e. The van der Waals surface area contributed by atoms with Gasteiger partial charge in [0.05, 0.1) is 19.0 Å². The molecule has 0 saturated carbocycles. The molecule has 0 aliphatic carbocycles. The highest BCUT2D eigenvalue weighted by Gasteiger charge is 2.23. The molecule has 4 rings (SSSR count). The summed E-state index contributed by atoms with van der Waals surface area (Å²) in [6.07, 6.45) is 3.27. The number of hydrogen-bond acceptors (Lipinski definition) is 7. The van der Waals surface area contributed by atoms with Crippen molar-refractivity contribution in [2.45, 2.75) is 32.7 Å². The van der Waals surface area contributed by atoms with Crippen LogP contribution in [-0.4, -0.2) is 44.4 Å². The number of pyridine rings is 1. The summed E-state index contributed by atoms with van der Waals surface area (Å²) >= 11 is 0. The normalized spacial score (nSPS) is 15.1. The molecule has 0 amide bonds. The molecular weight excluding hydrogens is 360 g/mol. The molecule has 9 heteroatoms. The van der Waals surface area contributed by atoms with Crippen LogP contribution >= 0.6 is 0 Å². The van der Waals surface area contributed by atoms with Crippen molar-refractivity contribution in [3.05, 3.63) is 34.0 Å². The molecule has 4 heterocycles. The summed E-state index contributed by atoms with van der Waals surface area (Å²) in [6, 6.07) is 2.00. The van der Waals surface area contributed by atoms with Crippen molar-refractivity contribution in [2.75, 3.05) is 25.6 Å². The standard InChI is InChI=1S/C19H24N6O3/c1-11-9-15(27-4)12(2)21-16(11)22-18-20-10-14-17(23-18)25(19(26)24(14)3)13-5-7-28-8-6-13/h9-10,13H,5-8H2,1-4H3,(H,20,21,22,23). The highest BCUT2D eigenvalue weighted by atomic mass is 16.5. The van der Waals surface area contributed by atoms with E-state index in [-0.39, 0.29) is 11.7 Å². The lowest BCUT2D eigenvalue weighted by molar-refractivity contribution is 0.0695. The molecule has 148 valence electrons. The number of imidazole rings is 1. The van der Waals surface area contributed by atoms with E-state index in [2.05, 4.69) is 20.3 Å². The van der Waals surface area contributed by atoms with Gasteiger partial charge in [-0.3, -0.25) is 9.13 Å². The van der Waals surface area contributed by atoms with E-state index in [1.807, 2.05) is 19.9 Å². The lowest BCUT2D eigenvalue weighted by Gasteiger charge is -2.22. The molecule has 0 radical (unpaired) electrons. The van der Waals surface area contributed by atoms with Crippen LogP contribution in [0.25, 0.3) is 11.2 Å². The van der Waals surface area contributed by atoms with Gasteiger partial charge in [0.1, 0.15) is 17.1 Å². The van der Waals surface area contributed by atoms with Gasteiger partial charge in [-0.2, -0.15) is 4.98 Å². The van der Waals surface area contributed by atoms with Gasteiger partial charge in [0, 0.05) is 26.3 Å². The number of aryl methyl sites for hydroxylation is 3. The summed E-state index contributed by atoms with van der Waals surface area (Å²) in [5, 5.41) is 3.18. The summed E-state index contributed by atoms with van der Waals surface area (Å²) in [5.41, 5.74) is 2.94. The van der Waals surface area contributed by atoms with Crippen molar-refractivity contribution in [3.8, 4) is 5.75 Å². The third-order valence-corrected chi connectivity index (χ3v) is 5.20. The van der Waals surface area contributed by atoms with E-state index in [1.54, 1.807) is 29.5 Å². The Morgan fingerprint density at radius 1 is 1.25 bits per heavy atom. The smallest absolute Gasteiger partial charge is 0.330 e. The summed E-state index contributed by atoms with van der Waals surface area (Å²) in [4.78, 5) is 26.4. The second kappa shape index (κ2) is 7.23. The topological polar surface area (TPSA) is 96.1 Å². The number of rotatable bonds is 4. The number of nitrogens with one attached hydrogen (secondary N) is 1. The van der Waals surface area contributed by atoms with Crippen LogP contribution in [0.2, 0.25) is 0 Å². The van der Waals surface area contributed by atoms with E-state index >= 15 is 0 Å². The fourth-order valence-electron chi connectivity index (χ4n) is 3.59. The first kappa shape index (κ1) is 18.4. The Morgan fingerprint density at radius 2 is 2.00 bits per heavy atom. The molecule has 0 unspecified atom stereocenters. The maximum Gasteiger partial charge on any atom is 0.330 e. The monoisotopic (exact) mass is 384 g/mol. The lowest BCUT2D eigenvalue weighted by Crippen LogP contribution is -2.30. The molecule has 3 aromatic rings. The zero-order valence-corrected chi connectivity index (χ0v) is 16.5. The molecule has 1 saturated heterocycles. The van der Waals surface area contributed by atoms with Crippen LogP contribution in [0.1, 0.15) is 30.1 Å². The van der Waals surface area contributed by atoms with Crippen molar-refractivity contribution in [1.82, 2.24) is 24.1 Å². The number of ether oxygens (including phenoxy) is 2. The molecular formula is C19H24N6O3. The van der Waals surface area contributed by atoms with E-state index < -0.39 is 0 Å². The molecule has 1 aliphatic rings. The summed E-state index contributed by atoms with van der Waals surface area (Å²) in [7, 11) is 3.37. The predicted octanol–water partition coefficient (Wildman–Crippen LogP) is 2.25. The third kappa shape index (κ3) is 3.11. The SMILES string of the molecule is COc1cc(C)c(Nc2ncc3c(n2)n(C2CCOCC2)c(=O)n3C)nc1C. The van der Waals surface area contributed by atoms with Gasteiger partial charge in [0.2, 0.25) is 5.95 Å². The number of nitrogens with zero attached hydrogens (tertiary/aromatic N) is 5. The van der Waals surface area contributed by atoms with E-state index in [1.165, 1.54) is 0 Å². The third-order valence-electron chi connectivity index (χ3n) is 5.20. The predicted molar refractivity (Wildman–Crippen MR) is 105 cm³/mol. The van der Waals surface area contributed by atoms with Crippen molar-refractivity contribution in [2.24, 2.45) is 7.05 Å². The van der Waals surface area contributed by atoms with Gasteiger partial charge in [-0.15, -0.1) is 0 Å². The lowest BCUT2D eigenvalue weighted by atomic mass is 10.1. The van der Waals surface area contributed by atoms with Crippen LogP contribution < -0.4 is 15.7 Å². The van der Waals surface area contributed by atoms with Crippen LogP contribution in [0.5, 0.6) is 5.75 Å². The van der Waals surface area contributed by atoms with Crippen LogP contribution in [-0.2, 0) is 11.8 Å². The highest BCUT2D eigenvalue weighted by molar-refractivity contribution is 5.73. The number of methoxy groups -OCH3 is 1. The van der Waals surface area contributed by atoms with Crippen molar-refractivity contribution in [3.63, 3.8) is 0 Å². The molecule has 0 spiro atoms. The van der Waals surface area contributed by atoms with Crippen LogP contribution in [0.3, 0.4) is 0 Å². The molecule has 1 aliphatic heterocycles. The quantitative estimate of drug-likeness (QED) is 0.737. The Labute approximate surface area is 162 Å². The van der Waals surface area contributed by atoms with Gasteiger partial charge >= 0.3 is 5.69 Å². The minimum absolute atomic E-state index is 0.0794. The number of aromatic nitrogens is 5. The second-order valence-corrected chi connectivity index (χ2v) is 7.02. The number of fused-ring (bicyclic) bond motifs is 1. The van der Waals surface area contributed by atoms with Gasteiger partial charge in [0.25, 0.3) is 0 Å². The van der Waals surface area contributed by atoms with Gasteiger partial charge in [0.15, 0.2) is 5.65 Å². The number of hydrogen-bond donors (Lipinski definition) is 1. The Morgan fingerprint density at radius 3 is 2.71 bits per heavy atom. The van der Waals surface area contributed by atoms with E-state index in [4.69, 9.17) is 9.47 Å². The van der Waals surface area contributed by atoms with E-state index in [0.717, 1.165) is 29.8 Å². The van der Waals surface area contributed by atoms with E-state index in [9.17, 15) is 4.79 Å². The molecule has 28 heavy (non-hydrogen) atoms. The highest BCUT2D eigenvalue weighted by Crippen LogP contribution is 2.26. The summed E-state index contributed by atoms with van der Waals surface area (Å²) in [6.45, 7) is 5.12. The molecule has 3 aromatic heterocycles. The minimum Gasteiger partial charge on any atom is -0.495 e. The van der Waals surface area contributed by atoms with Crippen LogP contribution in [0.4, 0.5) is 11.8 Å². The minimum atomic E-state index is -0.0806. The number of anilines is 2. The molecule has 0 bridgehead atoms. The van der Waals surface area contributed by atoms with Gasteiger partial charge in [-0.25, -0.2) is 14.8 Å². The van der Waals surface area contributed by atoms with E-state index in [0.29, 0.717) is 36.1 Å². The molecule has 1 fully saturated rings. The molecule has 9 nitrogen and oxygen atoms in total. The summed E-state index contributed by atoms with van der Waals surface area (Å²) in [5.74, 6) is 1.79. The second-order valence-electron chi connectivity index (χ2n) is 7.02. The fourth-order valence-corrected chi connectivity index (χ4v) is 3.59. The van der Waals surface area contributed by atoms with Crippen molar-refractivity contribution >= 4 is 22.9 Å². The Hall–Kier alpha value is -2.94. The fraction of sp³-hybridized carbons (Fsp3) is 0.474. The zero-order chi connectivity index (χ0) is 19.8. The van der Waals surface area contributed by atoms with Crippen molar-refractivity contribution < 1.29 is 9.47 Å². The van der Waals surface area contributed by atoms with Gasteiger partial charge in [-0.05, 0) is 38.3 Å². The summed E-state index contributed by atoms with van der Waals surface area (Å²) < 4.78 is 14.1. The zero-order valence-electron chi connectivity index (χ0n) is 16.5. The molecule has 0 atom stereocenters. The first-order valence-electron chi connectivity index (χ1n) is 9.30. The average Bonchev–Trinajstić information content (AvgIpc) is 2.95. The maximum absolute atomic E-state index is 12.8. The average molecular weight is 384 g/mol. The van der Waals surface area contributed by atoms with Crippen LogP contribution in [0, 0.1) is 13.8 Å². The Kier molecular flexibility index (Phi) is 4.76. The molecule has 0 aromatic carbocycles. The first-order chi connectivity index (χ1) is 13.5. The van der Waals surface area contributed by atoms with Gasteiger partial charge < -0.3 is 14.8 Å². The Bertz CT molecular complexity index is 1080. The Balaban J connectivity index is 1.75. The van der Waals surface area contributed by atoms with Crippen molar-refractivity contribution in [1.29, 1.82) is 0 Å². The molecule has 1 N–H and O–H groups in total.